The number of hydrogen-bond donors (Lipinski definition) is 1. The molecule has 4 heteroatoms. The first-order valence-corrected chi connectivity index (χ1v) is 6.92. The minimum Gasteiger partial charge on any atom is -0.493 e. The van der Waals surface area contributed by atoms with E-state index in [9.17, 15) is 5.11 Å². The Kier molecular flexibility index (Phi) is 5.29. The van der Waals surface area contributed by atoms with E-state index in [2.05, 4.69) is 4.90 Å². The molecule has 1 aliphatic heterocycles. The van der Waals surface area contributed by atoms with Gasteiger partial charge in [0, 0.05) is 17.1 Å². The summed E-state index contributed by atoms with van der Waals surface area (Å²) in [5.74, 6) is 0.700. The SMILES string of the molecule is OCc1c(Cl)cccc1OCCCN1CCCC1. The Bertz CT molecular complexity index is 378. The molecule has 0 aromatic heterocycles. The van der Waals surface area contributed by atoms with Gasteiger partial charge in [0.15, 0.2) is 0 Å². The number of halogens is 1. The second-order valence-corrected chi connectivity index (χ2v) is 5.03. The predicted molar refractivity (Wildman–Crippen MR) is 73.2 cm³/mol. The van der Waals surface area contributed by atoms with Gasteiger partial charge in [-0.25, -0.2) is 0 Å². The van der Waals surface area contributed by atoms with Gasteiger partial charge in [-0.3, -0.25) is 0 Å². The number of ether oxygens (including phenoxy) is 1. The minimum absolute atomic E-state index is 0.0822. The van der Waals surface area contributed by atoms with Crippen LogP contribution in [0.3, 0.4) is 0 Å². The fraction of sp³-hybridized carbons (Fsp3) is 0.571. The number of likely N-dealkylation sites (tertiary alicyclic amines) is 1. The van der Waals surface area contributed by atoms with Crippen molar-refractivity contribution in [3.63, 3.8) is 0 Å². The van der Waals surface area contributed by atoms with Crippen LogP contribution in [0.1, 0.15) is 24.8 Å². The largest absolute Gasteiger partial charge is 0.493 e. The highest BCUT2D eigenvalue weighted by Crippen LogP contribution is 2.26. The van der Waals surface area contributed by atoms with Gasteiger partial charge in [0.25, 0.3) is 0 Å². The Hall–Kier alpha value is -0.770. The fourth-order valence-corrected chi connectivity index (χ4v) is 2.53. The second-order valence-electron chi connectivity index (χ2n) is 4.63. The second kappa shape index (κ2) is 6.98. The molecular formula is C14H20ClNO2. The maximum Gasteiger partial charge on any atom is 0.126 e. The van der Waals surface area contributed by atoms with Crippen LogP contribution in [0.4, 0.5) is 0 Å². The Morgan fingerprint density at radius 2 is 2.06 bits per heavy atom. The van der Waals surface area contributed by atoms with Gasteiger partial charge < -0.3 is 14.7 Å². The molecule has 2 rings (SSSR count). The molecule has 0 aliphatic carbocycles. The van der Waals surface area contributed by atoms with E-state index in [0.717, 1.165) is 13.0 Å². The third-order valence-electron chi connectivity index (χ3n) is 3.31. The number of nitrogens with zero attached hydrogens (tertiary/aromatic N) is 1. The van der Waals surface area contributed by atoms with E-state index in [1.54, 1.807) is 6.07 Å². The summed E-state index contributed by atoms with van der Waals surface area (Å²) < 4.78 is 5.70. The van der Waals surface area contributed by atoms with Crippen molar-refractivity contribution in [1.29, 1.82) is 0 Å². The van der Waals surface area contributed by atoms with Crippen molar-refractivity contribution in [2.24, 2.45) is 0 Å². The summed E-state index contributed by atoms with van der Waals surface area (Å²) in [6.45, 7) is 4.12. The highest BCUT2D eigenvalue weighted by Gasteiger charge is 2.11. The van der Waals surface area contributed by atoms with Crippen LogP contribution in [0, 0.1) is 0 Å². The molecule has 1 aromatic rings. The van der Waals surface area contributed by atoms with Crippen LogP contribution < -0.4 is 4.74 Å². The molecule has 0 spiro atoms. The van der Waals surface area contributed by atoms with Crippen molar-refractivity contribution in [2.75, 3.05) is 26.2 Å². The molecule has 3 nitrogen and oxygen atoms in total. The number of hydrogen-bond acceptors (Lipinski definition) is 3. The molecule has 0 bridgehead atoms. The van der Waals surface area contributed by atoms with Gasteiger partial charge in [0.2, 0.25) is 0 Å². The molecule has 0 saturated carbocycles. The summed E-state index contributed by atoms with van der Waals surface area (Å²) >= 11 is 6.00. The topological polar surface area (TPSA) is 32.7 Å². The quantitative estimate of drug-likeness (QED) is 0.806. The lowest BCUT2D eigenvalue weighted by Gasteiger charge is -2.15. The van der Waals surface area contributed by atoms with Gasteiger partial charge in [-0.15, -0.1) is 0 Å². The molecule has 1 aromatic carbocycles. The van der Waals surface area contributed by atoms with Crippen LogP contribution in [0.15, 0.2) is 18.2 Å². The monoisotopic (exact) mass is 269 g/mol. The third-order valence-corrected chi connectivity index (χ3v) is 3.66. The normalized spacial score (nSPS) is 16.1. The molecule has 1 N–H and O–H groups in total. The van der Waals surface area contributed by atoms with Gasteiger partial charge in [0.1, 0.15) is 5.75 Å². The molecule has 100 valence electrons. The molecule has 0 amide bonds. The summed E-state index contributed by atoms with van der Waals surface area (Å²) in [5.41, 5.74) is 0.681. The molecule has 0 unspecified atom stereocenters. The number of benzene rings is 1. The first kappa shape index (κ1) is 13.7. The van der Waals surface area contributed by atoms with Crippen LogP contribution in [0.2, 0.25) is 5.02 Å². The van der Waals surface area contributed by atoms with Crippen molar-refractivity contribution in [1.82, 2.24) is 4.90 Å². The average molecular weight is 270 g/mol. The Morgan fingerprint density at radius 1 is 1.28 bits per heavy atom. The van der Waals surface area contributed by atoms with Crippen molar-refractivity contribution >= 4 is 11.6 Å². The molecule has 18 heavy (non-hydrogen) atoms. The minimum atomic E-state index is -0.0822. The van der Waals surface area contributed by atoms with Gasteiger partial charge in [-0.1, -0.05) is 17.7 Å². The van der Waals surface area contributed by atoms with Gasteiger partial charge in [-0.2, -0.15) is 0 Å². The van der Waals surface area contributed by atoms with Crippen molar-refractivity contribution < 1.29 is 9.84 Å². The highest BCUT2D eigenvalue weighted by atomic mass is 35.5. The maximum atomic E-state index is 9.26. The molecule has 0 radical (unpaired) electrons. The van der Waals surface area contributed by atoms with Crippen LogP contribution >= 0.6 is 11.6 Å². The van der Waals surface area contributed by atoms with E-state index in [4.69, 9.17) is 16.3 Å². The predicted octanol–water partition coefficient (Wildman–Crippen LogP) is 2.70. The van der Waals surface area contributed by atoms with E-state index < -0.39 is 0 Å². The smallest absolute Gasteiger partial charge is 0.126 e. The first-order chi connectivity index (χ1) is 8.81. The number of aliphatic hydroxyl groups excluding tert-OH is 1. The highest BCUT2D eigenvalue weighted by molar-refractivity contribution is 6.31. The fourth-order valence-electron chi connectivity index (χ4n) is 2.30. The van der Waals surface area contributed by atoms with E-state index in [1.165, 1.54) is 25.9 Å². The zero-order chi connectivity index (χ0) is 12.8. The molecule has 1 aliphatic rings. The maximum absolute atomic E-state index is 9.26. The Morgan fingerprint density at radius 3 is 2.78 bits per heavy atom. The standard InChI is InChI=1S/C14H20ClNO2/c15-13-5-3-6-14(12(13)11-17)18-10-4-9-16-7-1-2-8-16/h3,5-6,17H,1-2,4,7-11H2. The first-order valence-electron chi connectivity index (χ1n) is 6.54. The Labute approximate surface area is 113 Å². The van der Waals surface area contributed by atoms with E-state index in [1.807, 2.05) is 12.1 Å². The lowest BCUT2D eigenvalue weighted by atomic mass is 10.2. The Balaban J connectivity index is 1.77. The van der Waals surface area contributed by atoms with Gasteiger partial charge >= 0.3 is 0 Å². The van der Waals surface area contributed by atoms with Crippen LogP contribution in [0.5, 0.6) is 5.75 Å². The zero-order valence-corrected chi connectivity index (χ0v) is 11.3. The summed E-state index contributed by atoms with van der Waals surface area (Å²) in [6.07, 6.45) is 3.66. The van der Waals surface area contributed by atoms with Crippen molar-refractivity contribution in [3.8, 4) is 5.75 Å². The molecule has 1 heterocycles. The van der Waals surface area contributed by atoms with Crippen LogP contribution in [-0.2, 0) is 6.61 Å². The number of rotatable bonds is 6. The lowest BCUT2D eigenvalue weighted by Crippen LogP contribution is -2.22. The van der Waals surface area contributed by atoms with E-state index >= 15 is 0 Å². The van der Waals surface area contributed by atoms with Crippen molar-refractivity contribution in [2.45, 2.75) is 25.9 Å². The summed E-state index contributed by atoms with van der Waals surface area (Å²) in [4.78, 5) is 2.47. The summed E-state index contributed by atoms with van der Waals surface area (Å²) in [6, 6.07) is 5.47. The van der Waals surface area contributed by atoms with Crippen LogP contribution in [-0.4, -0.2) is 36.2 Å². The third kappa shape index (κ3) is 3.61. The van der Waals surface area contributed by atoms with Gasteiger partial charge in [0.05, 0.1) is 13.2 Å². The van der Waals surface area contributed by atoms with Gasteiger partial charge in [-0.05, 0) is 44.5 Å². The average Bonchev–Trinajstić information content (AvgIpc) is 2.88. The molecule has 1 saturated heterocycles. The zero-order valence-electron chi connectivity index (χ0n) is 10.6. The summed E-state index contributed by atoms with van der Waals surface area (Å²) in [5, 5.41) is 9.82. The lowest BCUT2D eigenvalue weighted by molar-refractivity contribution is 0.246. The van der Waals surface area contributed by atoms with Crippen LogP contribution in [0.25, 0.3) is 0 Å². The summed E-state index contributed by atoms with van der Waals surface area (Å²) in [7, 11) is 0. The molecule has 1 fully saturated rings. The van der Waals surface area contributed by atoms with Crippen molar-refractivity contribution in [3.05, 3.63) is 28.8 Å². The van der Waals surface area contributed by atoms with E-state index in [-0.39, 0.29) is 6.61 Å². The molecule has 0 atom stereocenters. The van der Waals surface area contributed by atoms with E-state index in [0.29, 0.717) is 22.9 Å². The molecular weight excluding hydrogens is 250 g/mol. The number of aliphatic hydroxyl groups is 1.